The number of esters is 1. The molecule has 1 aromatic carbocycles. The van der Waals surface area contributed by atoms with Crippen molar-refractivity contribution in [3.05, 3.63) is 58.7 Å². The Morgan fingerprint density at radius 1 is 1.37 bits per heavy atom. The van der Waals surface area contributed by atoms with Crippen LogP contribution in [0, 0.1) is 10.1 Å². The summed E-state index contributed by atoms with van der Waals surface area (Å²) in [5.74, 6) is -0.348. The highest BCUT2D eigenvalue weighted by atomic mass is 16.6. The Hall–Kier alpha value is -2.96. The second-order valence-corrected chi connectivity index (χ2v) is 3.50. The number of carbonyl (C=O) groups excluding carboxylic acids is 1. The molecule has 0 saturated heterocycles. The van der Waals surface area contributed by atoms with Crippen LogP contribution in [0.2, 0.25) is 0 Å². The molecule has 19 heavy (non-hydrogen) atoms. The number of non-ortho nitro benzene ring substituents is 1. The van der Waals surface area contributed by atoms with Gasteiger partial charge in [0.25, 0.3) is 5.69 Å². The minimum Gasteiger partial charge on any atom is -0.423 e. The van der Waals surface area contributed by atoms with Crippen molar-refractivity contribution in [1.82, 2.24) is 9.97 Å². The smallest absolute Gasteiger partial charge is 0.336 e. The molecule has 0 aliphatic carbocycles. The van der Waals surface area contributed by atoms with Gasteiger partial charge in [-0.2, -0.15) is 0 Å². The minimum absolute atomic E-state index is 0.0631. The number of benzene rings is 1. The molecule has 0 spiro atoms. The van der Waals surface area contributed by atoms with Crippen LogP contribution in [0.15, 0.2) is 42.9 Å². The van der Waals surface area contributed by atoms with Crippen molar-refractivity contribution in [3.63, 3.8) is 0 Å². The molecular weight excluding hydrogens is 250 g/mol. The van der Waals surface area contributed by atoms with Gasteiger partial charge < -0.3 is 9.72 Å². The van der Waals surface area contributed by atoms with E-state index in [0.29, 0.717) is 5.69 Å². The SMILES string of the molecule is O=C(/C=C/c1c[nH]cn1)Oc1ccc([N+](=O)[O-])cc1. The minimum atomic E-state index is -0.586. The third-order valence-electron chi connectivity index (χ3n) is 2.18. The number of nitro benzene ring substituents is 1. The third kappa shape index (κ3) is 3.50. The highest BCUT2D eigenvalue weighted by molar-refractivity contribution is 5.88. The first-order valence-electron chi connectivity index (χ1n) is 5.28. The predicted molar refractivity (Wildman–Crippen MR) is 66.4 cm³/mol. The lowest BCUT2D eigenvalue weighted by atomic mass is 10.3. The van der Waals surface area contributed by atoms with Crippen molar-refractivity contribution in [2.75, 3.05) is 0 Å². The lowest BCUT2D eigenvalue weighted by Gasteiger charge is -1.99. The summed E-state index contributed by atoms with van der Waals surface area (Å²) in [6.45, 7) is 0. The molecule has 0 aliphatic heterocycles. The Morgan fingerprint density at radius 3 is 2.68 bits per heavy atom. The quantitative estimate of drug-likeness (QED) is 0.297. The normalized spacial score (nSPS) is 10.5. The number of aromatic nitrogens is 2. The molecule has 0 unspecified atom stereocenters. The monoisotopic (exact) mass is 259 g/mol. The number of nitrogens with one attached hydrogen (secondary N) is 1. The molecule has 7 heteroatoms. The second kappa shape index (κ2) is 5.58. The van der Waals surface area contributed by atoms with Crippen molar-refractivity contribution in [3.8, 4) is 5.75 Å². The number of rotatable bonds is 4. The van der Waals surface area contributed by atoms with E-state index >= 15 is 0 Å². The highest BCUT2D eigenvalue weighted by Crippen LogP contribution is 2.17. The molecule has 1 N–H and O–H groups in total. The summed E-state index contributed by atoms with van der Waals surface area (Å²) in [7, 11) is 0. The van der Waals surface area contributed by atoms with Crippen molar-refractivity contribution in [1.29, 1.82) is 0 Å². The van der Waals surface area contributed by atoms with Gasteiger partial charge in [0.05, 0.1) is 16.9 Å². The van der Waals surface area contributed by atoms with Gasteiger partial charge in [-0.15, -0.1) is 0 Å². The van der Waals surface area contributed by atoms with Crippen LogP contribution in [0.5, 0.6) is 5.75 Å². The van der Waals surface area contributed by atoms with Gasteiger partial charge in [-0.1, -0.05) is 0 Å². The first kappa shape index (κ1) is 12.5. The van der Waals surface area contributed by atoms with Crippen LogP contribution in [0.1, 0.15) is 5.69 Å². The Morgan fingerprint density at radius 2 is 2.11 bits per heavy atom. The summed E-state index contributed by atoms with van der Waals surface area (Å²) in [5, 5.41) is 10.4. The molecule has 0 amide bonds. The molecule has 0 saturated carbocycles. The summed E-state index contributed by atoms with van der Waals surface area (Å²) in [6, 6.07) is 5.25. The van der Waals surface area contributed by atoms with Crippen LogP contribution >= 0.6 is 0 Å². The summed E-state index contributed by atoms with van der Waals surface area (Å²) >= 11 is 0. The summed E-state index contributed by atoms with van der Waals surface area (Å²) < 4.78 is 4.96. The van der Waals surface area contributed by atoms with Gasteiger partial charge >= 0.3 is 5.97 Å². The molecule has 0 aliphatic rings. The zero-order valence-electron chi connectivity index (χ0n) is 9.65. The fourth-order valence-electron chi connectivity index (χ4n) is 1.30. The molecule has 1 heterocycles. The van der Waals surface area contributed by atoms with E-state index in [9.17, 15) is 14.9 Å². The summed E-state index contributed by atoms with van der Waals surface area (Å²) in [6.07, 6.45) is 5.82. The molecule has 0 fully saturated rings. The molecule has 0 atom stereocenters. The van der Waals surface area contributed by atoms with Gasteiger partial charge in [-0.05, 0) is 18.2 Å². The zero-order valence-corrected chi connectivity index (χ0v) is 9.65. The predicted octanol–water partition coefficient (Wildman–Crippen LogP) is 1.94. The van der Waals surface area contributed by atoms with Gasteiger partial charge in [-0.25, -0.2) is 9.78 Å². The number of H-pyrrole nitrogens is 1. The average molecular weight is 259 g/mol. The van der Waals surface area contributed by atoms with E-state index in [1.165, 1.54) is 42.7 Å². The van der Waals surface area contributed by atoms with Crippen molar-refractivity contribution in [2.45, 2.75) is 0 Å². The van der Waals surface area contributed by atoms with E-state index in [4.69, 9.17) is 4.74 Å². The van der Waals surface area contributed by atoms with Crippen molar-refractivity contribution in [2.24, 2.45) is 0 Å². The van der Waals surface area contributed by atoms with E-state index in [0.717, 1.165) is 0 Å². The molecule has 1 aromatic heterocycles. The second-order valence-electron chi connectivity index (χ2n) is 3.50. The number of nitro groups is 1. The first-order chi connectivity index (χ1) is 9.15. The Labute approximate surface area is 107 Å². The van der Waals surface area contributed by atoms with Gasteiger partial charge in [0.2, 0.25) is 0 Å². The fourth-order valence-corrected chi connectivity index (χ4v) is 1.30. The highest BCUT2D eigenvalue weighted by Gasteiger charge is 2.06. The Kier molecular flexibility index (Phi) is 3.67. The van der Waals surface area contributed by atoms with Crippen LogP contribution in [-0.2, 0) is 4.79 Å². The fraction of sp³-hybridized carbons (Fsp3) is 0. The van der Waals surface area contributed by atoms with E-state index in [2.05, 4.69) is 9.97 Å². The first-order valence-corrected chi connectivity index (χ1v) is 5.28. The van der Waals surface area contributed by atoms with Crippen LogP contribution in [-0.4, -0.2) is 20.9 Å². The molecule has 7 nitrogen and oxygen atoms in total. The van der Waals surface area contributed by atoms with Crippen LogP contribution < -0.4 is 4.74 Å². The maximum Gasteiger partial charge on any atom is 0.336 e. The van der Waals surface area contributed by atoms with E-state index in [-0.39, 0.29) is 11.4 Å². The van der Waals surface area contributed by atoms with Gasteiger partial charge in [0.15, 0.2) is 0 Å². The molecule has 2 aromatic rings. The van der Waals surface area contributed by atoms with Gasteiger partial charge in [0.1, 0.15) is 5.75 Å². The number of nitrogens with zero attached hydrogens (tertiary/aromatic N) is 2. The lowest BCUT2D eigenvalue weighted by Crippen LogP contribution is -2.03. The van der Waals surface area contributed by atoms with Crippen LogP contribution in [0.25, 0.3) is 6.08 Å². The molecule has 2 rings (SSSR count). The number of hydrogen-bond acceptors (Lipinski definition) is 5. The average Bonchev–Trinajstić information content (AvgIpc) is 2.90. The standard InChI is InChI=1S/C12H9N3O4/c16-12(6-1-9-7-13-8-14-9)19-11-4-2-10(3-5-11)15(17)18/h1-8H,(H,13,14)/b6-1+. The van der Waals surface area contributed by atoms with Crippen LogP contribution in [0.4, 0.5) is 5.69 Å². The maximum atomic E-state index is 11.4. The van der Waals surface area contributed by atoms with Crippen molar-refractivity contribution >= 4 is 17.7 Å². The molecule has 0 bridgehead atoms. The lowest BCUT2D eigenvalue weighted by molar-refractivity contribution is -0.384. The van der Waals surface area contributed by atoms with Gasteiger partial charge in [-0.3, -0.25) is 10.1 Å². The Balaban J connectivity index is 1.97. The largest absolute Gasteiger partial charge is 0.423 e. The number of hydrogen-bond donors (Lipinski definition) is 1. The van der Waals surface area contributed by atoms with Gasteiger partial charge in [0, 0.05) is 24.4 Å². The third-order valence-corrected chi connectivity index (χ3v) is 2.18. The number of carbonyl (C=O) groups is 1. The van der Waals surface area contributed by atoms with E-state index < -0.39 is 10.9 Å². The topological polar surface area (TPSA) is 98.1 Å². The number of aromatic amines is 1. The maximum absolute atomic E-state index is 11.4. The number of imidazole rings is 1. The molecular formula is C12H9N3O4. The van der Waals surface area contributed by atoms with E-state index in [1.807, 2.05) is 0 Å². The zero-order chi connectivity index (χ0) is 13.7. The summed E-state index contributed by atoms with van der Waals surface area (Å²) in [5.41, 5.74) is 0.535. The van der Waals surface area contributed by atoms with Crippen molar-refractivity contribution < 1.29 is 14.5 Å². The number of ether oxygens (including phenoxy) is 1. The van der Waals surface area contributed by atoms with Crippen LogP contribution in [0.3, 0.4) is 0 Å². The molecule has 0 radical (unpaired) electrons. The summed E-state index contributed by atoms with van der Waals surface area (Å²) in [4.78, 5) is 28.0. The Bertz CT molecular complexity index is 602. The van der Waals surface area contributed by atoms with E-state index in [1.54, 1.807) is 6.20 Å². The molecule has 96 valence electrons.